The van der Waals surface area contributed by atoms with E-state index in [-0.39, 0.29) is 5.56 Å². The highest BCUT2D eigenvalue weighted by molar-refractivity contribution is 5.74. The van der Waals surface area contributed by atoms with E-state index in [9.17, 15) is 8.78 Å². The first kappa shape index (κ1) is 19.5. The smallest absolute Gasteiger partial charge is 0.270 e. The number of nitrogens with zero attached hydrogens (tertiary/aromatic N) is 3. The summed E-state index contributed by atoms with van der Waals surface area (Å²) >= 11 is 0. The summed E-state index contributed by atoms with van der Waals surface area (Å²) in [6.45, 7) is 4.83. The van der Waals surface area contributed by atoms with Gasteiger partial charge in [-0.1, -0.05) is 30.3 Å². The van der Waals surface area contributed by atoms with Crippen LogP contribution < -0.4 is 0 Å². The molecule has 0 radical (unpaired) electrons. The molecule has 0 aliphatic carbocycles. The number of hydrogen-bond acceptors (Lipinski definition) is 3. The summed E-state index contributed by atoms with van der Waals surface area (Å²) in [5.74, 6) is -2.76. The topological polar surface area (TPSA) is 30.3 Å². The second kappa shape index (κ2) is 8.59. The van der Waals surface area contributed by atoms with Gasteiger partial charge < -0.3 is 9.30 Å². The first-order chi connectivity index (χ1) is 12.9. The second-order valence-electron chi connectivity index (χ2n) is 6.82. The zero-order chi connectivity index (χ0) is 19.3. The lowest BCUT2D eigenvalue weighted by atomic mass is 10.1. The number of para-hydroxylation sites is 2. The largest absolute Gasteiger partial charge is 0.379 e. The summed E-state index contributed by atoms with van der Waals surface area (Å²) in [7, 11) is 2.00. The van der Waals surface area contributed by atoms with Crippen molar-refractivity contribution in [2.75, 3.05) is 26.3 Å². The number of hydrogen-bond donors (Lipinski definition) is 0. The Hall–Kier alpha value is -2.31. The van der Waals surface area contributed by atoms with Gasteiger partial charge >= 0.3 is 0 Å². The average Bonchev–Trinajstić information content (AvgIpc) is 3.04. The zero-order valence-corrected chi connectivity index (χ0v) is 15.7. The first-order valence-corrected chi connectivity index (χ1v) is 9.07. The molecule has 2 aromatic carbocycles. The van der Waals surface area contributed by atoms with E-state index in [1.165, 1.54) is 11.6 Å². The maximum absolute atomic E-state index is 13.2. The van der Waals surface area contributed by atoms with Crippen LogP contribution in [0.1, 0.15) is 18.1 Å². The number of imidazole rings is 1. The van der Waals surface area contributed by atoms with Gasteiger partial charge in [-0.05, 0) is 23.8 Å². The third kappa shape index (κ3) is 5.34. The molecule has 27 heavy (non-hydrogen) atoms. The zero-order valence-electron chi connectivity index (χ0n) is 15.7. The molecule has 1 aliphatic heterocycles. The van der Waals surface area contributed by atoms with Gasteiger partial charge in [0.05, 0.1) is 30.6 Å². The molecule has 1 fully saturated rings. The highest BCUT2D eigenvalue weighted by Gasteiger charge is 2.24. The van der Waals surface area contributed by atoms with Crippen molar-refractivity contribution in [3.8, 4) is 0 Å². The number of aryl methyl sites for hydroxylation is 1. The lowest BCUT2D eigenvalue weighted by Gasteiger charge is -2.26. The van der Waals surface area contributed by atoms with E-state index in [0.29, 0.717) is 6.54 Å². The van der Waals surface area contributed by atoms with Crippen molar-refractivity contribution in [2.24, 2.45) is 7.05 Å². The van der Waals surface area contributed by atoms with Crippen molar-refractivity contribution < 1.29 is 13.5 Å². The summed E-state index contributed by atoms with van der Waals surface area (Å²) in [5, 5.41) is 0. The third-order valence-electron chi connectivity index (χ3n) is 4.58. The Morgan fingerprint density at radius 1 is 1.07 bits per heavy atom. The molecule has 0 bridgehead atoms. The van der Waals surface area contributed by atoms with Crippen molar-refractivity contribution in [1.82, 2.24) is 14.5 Å². The minimum Gasteiger partial charge on any atom is -0.379 e. The lowest BCUT2D eigenvalue weighted by Crippen LogP contribution is -2.35. The van der Waals surface area contributed by atoms with Gasteiger partial charge in [-0.15, -0.1) is 0 Å². The van der Waals surface area contributed by atoms with Gasteiger partial charge in [0.25, 0.3) is 5.92 Å². The Morgan fingerprint density at radius 3 is 2.52 bits per heavy atom. The normalized spacial score (nSPS) is 15.4. The molecule has 1 aromatic heterocycles. The van der Waals surface area contributed by atoms with Gasteiger partial charge in [0.1, 0.15) is 0 Å². The van der Waals surface area contributed by atoms with Gasteiger partial charge in [0, 0.05) is 39.2 Å². The molecule has 144 valence electrons. The van der Waals surface area contributed by atoms with Gasteiger partial charge in [0.15, 0.2) is 0 Å². The fourth-order valence-electron chi connectivity index (χ4n) is 3.04. The lowest BCUT2D eigenvalue weighted by molar-refractivity contribution is 0.0169. The van der Waals surface area contributed by atoms with E-state index in [1.807, 2.05) is 42.2 Å². The summed E-state index contributed by atoms with van der Waals surface area (Å²) in [6, 6.07) is 14.7. The van der Waals surface area contributed by atoms with Crippen LogP contribution in [-0.2, 0) is 24.3 Å². The molecule has 2 heterocycles. The first-order valence-electron chi connectivity index (χ1n) is 9.07. The van der Waals surface area contributed by atoms with E-state index >= 15 is 0 Å². The number of morpholine rings is 1. The van der Waals surface area contributed by atoms with Crippen molar-refractivity contribution in [2.45, 2.75) is 19.4 Å². The summed E-state index contributed by atoms with van der Waals surface area (Å²) < 4.78 is 33.6. The number of benzene rings is 2. The number of aromatic nitrogens is 2. The minimum absolute atomic E-state index is 0.0864. The van der Waals surface area contributed by atoms with E-state index < -0.39 is 5.92 Å². The molecule has 0 N–H and O–H groups in total. The summed E-state index contributed by atoms with van der Waals surface area (Å²) in [5.41, 5.74) is 3.27. The Balaban J connectivity index is 0.000000177. The van der Waals surface area contributed by atoms with Crippen LogP contribution in [0.4, 0.5) is 8.78 Å². The van der Waals surface area contributed by atoms with Crippen molar-refractivity contribution in [1.29, 1.82) is 0 Å². The molecule has 0 unspecified atom stereocenters. The standard InChI is InChI=1S/C13H17F2NO.C8H8N2/c1-13(14,15)12-4-2-3-11(9-12)10-16-5-7-17-8-6-16;1-10-6-9-7-4-2-3-5-8(7)10/h2-4,9H,5-8,10H2,1H3;2-6H,1H3. The van der Waals surface area contributed by atoms with Gasteiger partial charge in [-0.3, -0.25) is 4.90 Å². The molecule has 1 aliphatic rings. The molecular weight excluding hydrogens is 348 g/mol. The highest BCUT2D eigenvalue weighted by atomic mass is 19.3. The van der Waals surface area contributed by atoms with Crippen molar-refractivity contribution in [3.05, 3.63) is 66.0 Å². The number of halogens is 2. The van der Waals surface area contributed by atoms with Crippen LogP contribution in [0.2, 0.25) is 0 Å². The van der Waals surface area contributed by atoms with Gasteiger partial charge in [-0.2, -0.15) is 0 Å². The summed E-state index contributed by atoms with van der Waals surface area (Å²) in [4.78, 5) is 6.40. The van der Waals surface area contributed by atoms with E-state index in [2.05, 4.69) is 16.0 Å². The molecule has 1 saturated heterocycles. The molecule has 3 aromatic rings. The Labute approximate surface area is 158 Å². The quantitative estimate of drug-likeness (QED) is 0.689. The predicted molar refractivity (Wildman–Crippen MR) is 103 cm³/mol. The van der Waals surface area contributed by atoms with Gasteiger partial charge in [-0.25, -0.2) is 13.8 Å². The molecule has 6 heteroatoms. The molecule has 0 spiro atoms. The predicted octanol–water partition coefficient (Wildman–Crippen LogP) is 4.20. The van der Waals surface area contributed by atoms with Crippen LogP contribution >= 0.6 is 0 Å². The Bertz CT molecular complexity index is 867. The number of ether oxygens (including phenoxy) is 1. The van der Waals surface area contributed by atoms with E-state index in [1.54, 1.807) is 12.1 Å². The maximum Gasteiger partial charge on any atom is 0.270 e. The third-order valence-corrected chi connectivity index (χ3v) is 4.58. The molecular formula is C21H25F2N3O. The van der Waals surface area contributed by atoms with Crippen molar-refractivity contribution >= 4 is 11.0 Å². The van der Waals surface area contributed by atoms with Gasteiger partial charge in [0.2, 0.25) is 0 Å². The van der Waals surface area contributed by atoms with Crippen LogP contribution in [0.5, 0.6) is 0 Å². The maximum atomic E-state index is 13.2. The van der Waals surface area contributed by atoms with Crippen LogP contribution in [-0.4, -0.2) is 40.8 Å². The monoisotopic (exact) mass is 373 g/mol. The highest BCUT2D eigenvalue weighted by Crippen LogP contribution is 2.27. The molecule has 4 rings (SSSR count). The van der Waals surface area contributed by atoms with Crippen LogP contribution in [0.15, 0.2) is 54.9 Å². The van der Waals surface area contributed by atoms with Crippen molar-refractivity contribution in [3.63, 3.8) is 0 Å². The SMILES string of the molecule is CC(F)(F)c1cccc(CN2CCOCC2)c1.Cn1cnc2ccccc21. The Morgan fingerprint density at radius 2 is 1.81 bits per heavy atom. The summed E-state index contributed by atoms with van der Waals surface area (Å²) in [6.07, 6.45) is 1.82. The molecule has 0 amide bonds. The fourth-order valence-corrected chi connectivity index (χ4v) is 3.04. The van der Waals surface area contributed by atoms with Crippen LogP contribution in [0.3, 0.4) is 0 Å². The van der Waals surface area contributed by atoms with E-state index in [4.69, 9.17) is 4.74 Å². The molecule has 0 saturated carbocycles. The number of fused-ring (bicyclic) bond motifs is 1. The minimum atomic E-state index is -2.76. The number of rotatable bonds is 3. The average molecular weight is 373 g/mol. The number of alkyl halides is 2. The fraction of sp³-hybridized carbons (Fsp3) is 0.381. The van der Waals surface area contributed by atoms with Crippen LogP contribution in [0, 0.1) is 0 Å². The molecule has 4 nitrogen and oxygen atoms in total. The second-order valence-corrected chi connectivity index (χ2v) is 6.82. The van der Waals surface area contributed by atoms with Crippen LogP contribution in [0.25, 0.3) is 11.0 Å². The Kier molecular flexibility index (Phi) is 6.19. The van der Waals surface area contributed by atoms with E-state index in [0.717, 1.165) is 44.3 Å². The molecule has 0 atom stereocenters.